The summed E-state index contributed by atoms with van der Waals surface area (Å²) in [5, 5.41) is 0. The van der Waals surface area contributed by atoms with Gasteiger partial charge < -0.3 is 4.74 Å². The molecule has 0 atom stereocenters. The Bertz CT molecular complexity index is 714. The summed E-state index contributed by atoms with van der Waals surface area (Å²) in [5.41, 5.74) is 0.0378. The van der Waals surface area contributed by atoms with E-state index in [0.717, 1.165) is 4.31 Å². The monoisotopic (exact) mass is 309 g/mol. The Hall–Kier alpha value is -2.08. The predicted molar refractivity (Wildman–Crippen MR) is 79.6 cm³/mol. The van der Waals surface area contributed by atoms with E-state index in [1.807, 2.05) is 0 Å². The number of nitrogens with zero attached hydrogens (tertiary/aromatic N) is 1. The molecule has 0 spiro atoms. The maximum absolute atomic E-state index is 13.9. The van der Waals surface area contributed by atoms with E-state index in [4.69, 9.17) is 4.74 Å². The number of hydrogen-bond donors (Lipinski definition) is 0. The molecule has 0 aliphatic rings. The van der Waals surface area contributed by atoms with E-state index < -0.39 is 15.8 Å². The van der Waals surface area contributed by atoms with Crippen LogP contribution in [0.15, 0.2) is 53.4 Å². The first kappa shape index (κ1) is 15.3. The molecule has 2 aromatic rings. The molecule has 0 unspecified atom stereocenters. The average Bonchev–Trinajstić information content (AvgIpc) is 2.50. The number of halogens is 1. The van der Waals surface area contributed by atoms with Gasteiger partial charge in [0, 0.05) is 6.54 Å². The van der Waals surface area contributed by atoms with E-state index in [0.29, 0.717) is 5.75 Å². The van der Waals surface area contributed by atoms with Gasteiger partial charge in [-0.15, -0.1) is 0 Å². The van der Waals surface area contributed by atoms with E-state index in [1.165, 1.54) is 37.4 Å². The molecule has 112 valence electrons. The number of rotatable bonds is 5. The molecule has 21 heavy (non-hydrogen) atoms. The maximum Gasteiger partial charge on any atom is 0.264 e. The molecule has 2 rings (SSSR count). The normalized spacial score (nSPS) is 11.2. The van der Waals surface area contributed by atoms with Crippen molar-refractivity contribution in [3.05, 3.63) is 54.3 Å². The SMILES string of the molecule is CCN(c1ccccc1F)S(=O)(=O)c1ccc(OC)cc1. The van der Waals surface area contributed by atoms with Crippen molar-refractivity contribution in [3.63, 3.8) is 0 Å². The Morgan fingerprint density at radius 1 is 1.10 bits per heavy atom. The highest BCUT2D eigenvalue weighted by Crippen LogP contribution is 2.26. The van der Waals surface area contributed by atoms with E-state index in [9.17, 15) is 12.8 Å². The summed E-state index contributed by atoms with van der Waals surface area (Å²) in [6.45, 7) is 1.79. The number of hydrogen-bond acceptors (Lipinski definition) is 3. The van der Waals surface area contributed by atoms with Gasteiger partial charge in [-0.2, -0.15) is 0 Å². The van der Waals surface area contributed by atoms with Gasteiger partial charge in [0.25, 0.3) is 10.0 Å². The highest BCUT2D eigenvalue weighted by atomic mass is 32.2. The van der Waals surface area contributed by atoms with E-state index in [-0.39, 0.29) is 17.1 Å². The summed E-state index contributed by atoms with van der Waals surface area (Å²) in [5.74, 6) is -0.0145. The molecule has 0 saturated heterocycles. The van der Waals surface area contributed by atoms with Crippen molar-refractivity contribution < 1.29 is 17.5 Å². The van der Waals surface area contributed by atoms with Crippen molar-refractivity contribution in [1.29, 1.82) is 0 Å². The van der Waals surface area contributed by atoms with Gasteiger partial charge >= 0.3 is 0 Å². The topological polar surface area (TPSA) is 46.6 Å². The second-order valence-electron chi connectivity index (χ2n) is 4.30. The van der Waals surface area contributed by atoms with Gasteiger partial charge in [0.2, 0.25) is 0 Å². The summed E-state index contributed by atoms with van der Waals surface area (Å²) in [6.07, 6.45) is 0. The van der Waals surface area contributed by atoms with Gasteiger partial charge in [-0.25, -0.2) is 12.8 Å². The van der Waals surface area contributed by atoms with Gasteiger partial charge in [-0.1, -0.05) is 12.1 Å². The van der Waals surface area contributed by atoms with Crippen LogP contribution in [-0.4, -0.2) is 22.1 Å². The van der Waals surface area contributed by atoms with Gasteiger partial charge in [0.1, 0.15) is 11.6 Å². The predicted octanol–water partition coefficient (Wildman–Crippen LogP) is 3.05. The fourth-order valence-electron chi connectivity index (χ4n) is 2.00. The molecule has 0 bridgehead atoms. The lowest BCUT2D eigenvalue weighted by Crippen LogP contribution is -2.31. The van der Waals surface area contributed by atoms with E-state index >= 15 is 0 Å². The van der Waals surface area contributed by atoms with Crippen molar-refractivity contribution in [2.75, 3.05) is 18.0 Å². The fourth-order valence-corrected chi connectivity index (χ4v) is 3.48. The second kappa shape index (κ2) is 6.13. The Kier molecular flexibility index (Phi) is 4.47. The van der Waals surface area contributed by atoms with Crippen LogP contribution < -0.4 is 9.04 Å². The first-order valence-corrected chi connectivity index (χ1v) is 7.86. The minimum Gasteiger partial charge on any atom is -0.497 e. The van der Waals surface area contributed by atoms with Crippen LogP contribution in [0.3, 0.4) is 0 Å². The van der Waals surface area contributed by atoms with Gasteiger partial charge in [0.05, 0.1) is 17.7 Å². The summed E-state index contributed by atoms with van der Waals surface area (Å²) in [4.78, 5) is 0.0911. The molecule has 0 amide bonds. The lowest BCUT2D eigenvalue weighted by Gasteiger charge is -2.23. The van der Waals surface area contributed by atoms with Crippen molar-refractivity contribution in [3.8, 4) is 5.75 Å². The second-order valence-corrected chi connectivity index (χ2v) is 6.16. The van der Waals surface area contributed by atoms with Crippen molar-refractivity contribution >= 4 is 15.7 Å². The lowest BCUT2D eigenvalue weighted by molar-refractivity contribution is 0.414. The van der Waals surface area contributed by atoms with Crippen LogP contribution >= 0.6 is 0 Å². The lowest BCUT2D eigenvalue weighted by atomic mass is 10.3. The first-order valence-electron chi connectivity index (χ1n) is 6.42. The number of ether oxygens (including phenoxy) is 1. The largest absolute Gasteiger partial charge is 0.497 e. The zero-order valence-corrected chi connectivity index (χ0v) is 12.6. The molecule has 4 nitrogen and oxygen atoms in total. The van der Waals surface area contributed by atoms with Crippen LogP contribution in [0.2, 0.25) is 0 Å². The van der Waals surface area contributed by atoms with Crippen LogP contribution in [0.1, 0.15) is 6.92 Å². The molecule has 0 radical (unpaired) electrons. The van der Waals surface area contributed by atoms with Gasteiger partial charge in [-0.05, 0) is 43.3 Å². The minimum atomic E-state index is -3.81. The average molecular weight is 309 g/mol. The molecule has 0 aromatic heterocycles. The van der Waals surface area contributed by atoms with Crippen LogP contribution in [0.4, 0.5) is 10.1 Å². The maximum atomic E-state index is 13.9. The molecule has 0 heterocycles. The smallest absolute Gasteiger partial charge is 0.264 e. The zero-order chi connectivity index (χ0) is 15.5. The van der Waals surface area contributed by atoms with Crippen LogP contribution in [0.25, 0.3) is 0 Å². The number of para-hydroxylation sites is 1. The van der Waals surface area contributed by atoms with Crippen molar-refractivity contribution in [2.45, 2.75) is 11.8 Å². The highest BCUT2D eigenvalue weighted by Gasteiger charge is 2.25. The third kappa shape index (κ3) is 3.00. The van der Waals surface area contributed by atoms with E-state index in [2.05, 4.69) is 0 Å². The van der Waals surface area contributed by atoms with Crippen LogP contribution in [0, 0.1) is 5.82 Å². The standard InChI is InChI=1S/C15H16FNO3S/c1-3-17(15-7-5-4-6-14(15)16)21(18,19)13-10-8-12(20-2)9-11-13/h4-11H,3H2,1-2H3. The fraction of sp³-hybridized carbons (Fsp3) is 0.200. The summed E-state index contributed by atoms with van der Waals surface area (Å²) >= 11 is 0. The number of benzene rings is 2. The Morgan fingerprint density at radius 2 is 1.71 bits per heavy atom. The van der Waals surface area contributed by atoms with Crippen LogP contribution in [0.5, 0.6) is 5.75 Å². The zero-order valence-electron chi connectivity index (χ0n) is 11.8. The molecular formula is C15H16FNO3S. The number of sulfonamides is 1. The van der Waals surface area contributed by atoms with Crippen LogP contribution in [-0.2, 0) is 10.0 Å². The van der Waals surface area contributed by atoms with Gasteiger partial charge in [0.15, 0.2) is 0 Å². The molecule has 0 saturated carbocycles. The highest BCUT2D eigenvalue weighted by molar-refractivity contribution is 7.92. The summed E-state index contributed by atoms with van der Waals surface area (Å²) in [7, 11) is -2.31. The summed E-state index contributed by atoms with van der Waals surface area (Å²) in [6, 6.07) is 11.8. The molecule has 0 aliphatic carbocycles. The Morgan fingerprint density at radius 3 is 2.24 bits per heavy atom. The van der Waals surface area contributed by atoms with E-state index in [1.54, 1.807) is 25.1 Å². The molecule has 6 heteroatoms. The minimum absolute atomic E-state index is 0.0378. The Labute approximate surface area is 123 Å². The molecule has 0 aliphatic heterocycles. The number of anilines is 1. The third-order valence-corrected chi connectivity index (χ3v) is 4.96. The molecule has 2 aromatic carbocycles. The Balaban J connectivity index is 2.47. The molecule has 0 fully saturated rings. The first-order chi connectivity index (χ1) is 10.0. The quantitative estimate of drug-likeness (QED) is 0.853. The summed E-state index contributed by atoms with van der Waals surface area (Å²) < 4.78 is 45.2. The molecular weight excluding hydrogens is 293 g/mol. The van der Waals surface area contributed by atoms with Crippen molar-refractivity contribution in [2.24, 2.45) is 0 Å². The third-order valence-electron chi connectivity index (χ3n) is 3.06. The number of methoxy groups -OCH3 is 1. The van der Waals surface area contributed by atoms with Crippen molar-refractivity contribution in [1.82, 2.24) is 0 Å². The van der Waals surface area contributed by atoms with Gasteiger partial charge in [-0.3, -0.25) is 4.31 Å². The molecule has 0 N–H and O–H groups in total.